The summed E-state index contributed by atoms with van der Waals surface area (Å²) in [5.74, 6) is -0.382. The molecule has 0 heterocycles. The molecule has 0 N–H and O–H groups in total. The van der Waals surface area contributed by atoms with Crippen molar-refractivity contribution in [2.45, 2.75) is 50.2 Å². The smallest absolute Gasteiger partial charge is 0.321 e. The molecule has 1 rings (SSSR count). The number of methoxy groups -OCH3 is 1. The maximum absolute atomic E-state index is 12.6. The zero-order valence-electron chi connectivity index (χ0n) is 12.1. The van der Waals surface area contributed by atoms with Gasteiger partial charge < -0.3 is 4.74 Å². The largest absolute Gasteiger partial charge is 0.468 e. The Balaban J connectivity index is 3.04. The second kappa shape index (κ2) is 7.43. The highest BCUT2D eigenvalue weighted by Gasteiger charge is 2.27. The molecule has 106 valence electrons. The SMILES string of the molecule is CCCCC(C(=O)OC)S(=O)c1cc(C)ccc1C. The van der Waals surface area contributed by atoms with E-state index in [1.807, 2.05) is 32.0 Å². The molecule has 4 heteroatoms. The van der Waals surface area contributed by atoms with Crippen LogP contribution in [0.15, 0.2) is 23.1 Å². The molecule has 2 atom stereocenters. The fourth-order valence-corrected chi connectivity index (χ4v) is 3.56. The maximum Gasteiger partial charge on any atom is 0.321 e. The van der Waals surface area contributed by atoms with Gasteiger partial charge in [0.15, 0.2) is 0 Å². The lowest BCUT2D eigenvalue weighted by Gasteiger charge is -2.16. The monoisotopic (exact) mass is 282 g/mol. The summed E-state index contributed by atoms with van der Waals surface area (Å²) in [6.07, 6.45) is 2.44. The third-order valence-electron chi connectivity index (χ3n) is 3.10. The number of rotatable bonds is 6. The maximum atomic E-state index is 12.6. The van der Waals surface area contributed by atoms with Gasteiger partial charge in [-0.25, -0.2) is 0 Å². The second-order valence-corrected chi connectivity index (χ2v) is 6.32. The normalized spacial score (nSPS) is 13.9. The molecule has 0 saturated heterocycles. The number of carbonyl (C=O) groups excluding carboxylic acids is 1. The van der Waals surface area contributed by atoms with Crippen LogP contribution in [0.5, 0.6) is 0 Å². The highest BCUT2D eigenvalue weighted by atomic mass is 32.2. The van der Waals surface area contributed by atoms with Crippen LogP contribution in [0.2, 0.25) is 0 Å². The highest BCUT2D eigenvalue weighted by molar-refractivity contribution is 7.86. The number of hydrogen-bond donors (Lipinski definition) is 0. The third kappa shape index (κ3) is 4.16. The van der Waals surface area contributed by atoms with Gasteiger partial charge in [-0.05, 0) is 37.5 Å². The van der Waals surface area contributed by atoms with Gasteiger partial charge in [0.2, 0.25) is 0 Å². The Hall–Kier alpha value is -1.16. The van der Waals surface area contributed by atoms with Crippen molar-refractivity contribution in [3.8, 4) is 0 Å². The highest BCUT2D eigenvalue weighted by Crippen LogP contribution is 2.21. The molecule has 0 radical (unpaired) electrons. The zero-order chi connectivity index (χ0) is 14.4. The van der Waals surface area contributed by atoms with Crippen LogP contribution in [0, 0.1) is 13.8 Å². The van der Waals surface area contributed by atoms with Crippen molar-refractivity contribution in [3.63, 3.8) is 0 Å². The van der Waals surface area contributed by atoms with Gasteiger partial charge in [0.25, 0.3) is 0 Å². The summed E-state index contributed by atoms with van der Waals surface area (Å²) in [6, 6.07) is 5.82. The van der Waals surface area contributed by atoms with Crippen molar-refractivity contribution in [1.82, 2.24) is 0 Å². The molecule has 2 unspecified atom stereocenters. The van der Waals surface area contributed by atoms with Crippen LogP contribution in [0.3, 0.4) is 0 Å². The van der Waals surface area contributed by atoms with E-state index < -0.39 is 16.0 Å². The second-order valence-electron chi connectivity index (χ2n) is 4.72. The van der Waals surface area contributed by atoms with Crippen molar-refractivity contribution >= 4 is 16.8 Å². The van der Waals surface area contributed by atoms with Crippen LogP contribution in [0.25, 0.3) is 0 Å². The van der Waals surface area contributed by atoms with Gasteiger partial charge in [-0.15, -0.1) is 0 Å². The van der Waals surface area contributed by atoms with Crippen LogP contribution >= 0.6 is 0 Å². The molecule has 3 nitrogen and oxygen atoms in total. The Morgan fingerprint density at radius 2 is 2.05 bits per heavy atom. The average Bonchev–Trinajstić information content (AvgIpc) is 2.41. The molecular weight excluding hydrogens is 260 g/mol. The van der Waals surface area contributed by atoms with Gasteiger partial charge in [0.05, 0.1) is 17.9 Å². The first-order valence-corrected chi connectivity index (χ1v) is 7.78. The standard InChI is InChI=1S/C15H22O3S/c1-5-6-7-13(15(16)18-4)19(17)14-10-11(2)8-9-12(14)3/h8-10,13H,5-7H2,1-4H3. The van der Waals surface area contributed by atoms with Crippen LogP contribution in [-0.2, 0) is 20.3 Å². The molecule has 0 fully saturated rings. The molecule has 0 amide bonds. The molecule has 1 aromatic rings. The minimum absolute atomic E-state index is 0.382. The summed E-state index contributed by atoms with van der Waals surface area (Å²) in [5.41, 5.74) is 2.00. The lowest BCUT2D eigenvalue weighted by Crippen LogP contribution is -2.27. The number of esters is 1. The Bertz CT molecular complexity index is 468. The third-order valence-corrected chi connectivity index (χ3v) is 4.92. The molecule has 1 aromatic carbocycles. The quantitative estimate of drug-likeness (QED) is 0.753. The molecule has 19 heavy (non-hydrogen) atoms. The summed E-state index contributed by atoms with van der Waals surface area (Å²) in [5, 5.41) is -0.564. The van der Waals surface area contributed by atoms with E-state index in [1.54, 1.807) is 0 Å². The van der Waals surface area contributed by atoms with E-state index in [2.05, 4.69) is 6.92 Å². The molecule has 0 aliphatic carbocycles. The Labute approximate surface area is 117 Å². The van der Waals surface area contributed by atoms with Crippen LogP contribution in [0.4, 0.5) is 0 Å². The van der Waals surface area contributed by atoms with Crippen LogP contribution in [-0.4, -0.2) is 22.5 Å². The summed E-state index contributed by atoms with van der Waals surface area (Å²) in [4.78, 5) is 12.6. The van der Waals surface area contributed by atoms with Gasteiger partial charge in [-0.1, -0.05) is 31.9 Å². The molecule has 0 aliphatic rings. The van der Waals surface area contributed by atoms with E-state index in [-0.39, 0.29) is 5.97 Å². The number of hydrogen-bond acceptors (Lipinski definition) is 3. The van der Waals surface area contributed by atoms with E-state index in [1.165, 1.54) is 7.11 Å². The van der Waals surface area contributed by atoms with Gasteiger partial charge >= 0.3 is 5.97 Å². The minimum Gasteiger partial charge on any atom is -0.468 e. The summed E-state index contributed by atoms with van der Waals surface area (Å²) in [6.45, 7) is 5.93. The average molecular weight is 282 g/mol. The lowest BCUT2D eigenvalue weighted by molar-refractivity contribution is -0.140. The predicted octanol–water partition coefficient (Wildman–Crippen LogP) is 3.14. The first kappa shape index (κ1) is 15.9. The van der Waals surface area contributed by atoms with Gasteiger partial charge in [0.1, 0.15) is 5.25 Å². The van der Waals surface area contributed by atoms with Crippen molar-refractivity contribution in [3.05, 3.63) is 29.3 Å². The Kier molecular flexibility index (Phi) is 6.22. The van der Waals surface area contributed by atoms with E-state index in [0.29, 0.717) is 6.42 Å². The van der Waals surface area contributed by atoms with Crippen LogP contribution < -0.4 is 0 Å². The number of ether oxygens (including phenoxy) is 1. The molecule has 0 aliphatic heterocycles. The summed E-state index contributed by atoms with van der Waals surface area (Å²) < 4.78 is 17.4. The van der Waals surface area contributed by atoms with Crippen molar-refractivity contribution < 1.29 is 13.7 Å². The zero-order valence-corrected chi connectivity index (χ0v) is 12.9. The van der Waals surface area contributed by atoms with Crippen molar-refractivity contribution in [1.29, 1.82) is 0 Å². The number of carbonyl (C=O) groups is 1. The Morgan fingerprint density at radius 1 is 1.37 bits per heavy atom. The topological polar surface area (TPSA) is 43.4 Å². The van der Waals surface area contributed by atoms with Crippen molar-refractivity contribution in [2.24, 2.45) is 0 Å². The van der Waals surface area contributed by atoms with E-state index >= 15 is 0 Å². The molecule has 0 spiro atoms. The van der Waals surface area contributed by atoms with E-state index in [0.717, 1.165) is 28.9 Å². The number of benzene rings is 1. The van der Waals surface area contributed by atoms with Gasteiger partial charge in [0, 0.05) is 4.90 Å². The van der Waals surface area contributed by atoms with Crippen molar-refractivity contribution in [2.75, 3.05) is 7.11 Å². The molecule has 0 bridgehead atoms. The predicted molar refractivity (Wildman–Crippen MR) is 77.7 cm³/mol. The molecular formula is C15H22O3S. The van der Waals surface area contributed by atoms with Gasteiger partial charge in [-0.3, -0.25) is 9.00 Å². The fraction of sp³-hybridized carbons (Fsp3) is 0.533. The van der Waals surface area contributed by atoms with Gasteiger partial charge in [-0.2, -0.15) is 0 Å². The fourth-order valence-electron chi connectivity index (χ4n) is 1.91. The van der Waals surface area contributed by atoms with E-state index in [9.17, 15) is 9.00 Å². The van der Waals surface area contributed by atoms with E-state index in [4.69, 9.17) is 4.74 Å². The Morgan fingerprint density at radius 3 is 2.63 bits per heavy atom. The minimum atomic E-state index is -1.35. The lowest BCUT2D eigenvalue weighted by atomic mass is 10.2. The molecule has 0 saturated carbocycles. The van der Waals surface area contributed by atoms with Crippen LogP contribution in [0.1, 0.15) is 37.3 Å². The molecule has 0 aromatic heterocycles. The number of aryl methyl sites for hydroxylation is 2. The number of unbranched alkanes of at least 4 members (excludes halogenated alkanes) is 1. The summed E-state index contributed by atoms with van der Waals surface area (Å²) >= 11 is 0. The first-order valence-electron chi connectivity index (χ1n) is 6.57. The summed E-state index contributed by atoms with van der Waals surface area (Å²) in [7, 11) is -0.000254. The first-order chi connectivity index (χ1) is 9.01.